The number of nitrogens with zero attached hydrogens (tertiary/aromatic N) is 1. The van der Waals surface area contributed by atoms with E-state index in [0.717, 1.165) is 4.90 Å². The van der Waals surface area contributed by atoms with Crippen molar-refractivity contribution < 1.29 is 19.1 Å². The van der Waals surface area contributed by atoms with Gasteiger partial charge >= 0.3 is 0 Å². The molecule has 2 N–H and O–H groups in total. The number of hydrogen-bond donors (Lipinski definition) is 2. The lowest BCUT2D eigenvalue weighted by Gasteiger charge is -2.17. The number of hydrogen-bond acceptors (Lipinski definition) is 5. The molecule has 1 aliphatic heterocycles. The van der Waals surface area contributed by atoms with E-state index < -0.39 is 11.8 Å². The molecule has 34 heavy (non-hydrogen) atoms. The van der Waals surface area contributed by atoms with Crippen molar-refractivity contribution in [2.75, 3.05) is 22.6 Å². The van der Waals surface area contributed by atoms with E-state index in [1.54, 1.807) is 61.7 Å². The minimum absolute atomic E-state index is 0.113. The summed E-state index contributed by atoms with van der Waals surface area (Å²) in [5.74, 6) is -1.05. The number of ether oxygens (including phenoxy) is 1. The minimum atomic E-state index is -0.728. The van der Waals surface area contributed by atoms with Gasteiger partial charge in [-0.15, -0.1) is 0 Å². The molecule has 0 saturated heterocycles. The van der Waals surface area contributed by atoms with Crippen molar-refractivity contribution in [3.63, 3.8) is 0 Å². The van der Waals surface area contributed by atoms with Crippen molar-refractivity contribution in [3.8, 4) is 5.75 Å². The number of nitrogens with one attached hydrogen (secondary N) is 2. The van der Waals surface area contributed by atoms with Gasteiger partial charge in [0.15, 0.2) is 0 Å². The Morgan fingerprint density at radius 2 is 1.50 bits per heavy atom. The predicted octanol–water partition coefficient (Wildman–Crippen LogP) is 5.69. The second-order valence-electron chi connectivity index (χ2n) is 7.12. The van der Waals surface area contributed by atoms with Crippen molar-refractivity contribution in [2.45, 2.75) is 0 Å². The second kappa shape index (κ2) is 9.77. The molecule has 0 radical (unpaired) electrons. The Morgan fingerprint density at radius 3 is 2.15 bits per heavy atom. The smallest absolute Gasteiger partial charge is 0.283 e. The van der Waals surface area contributed by atoms with Gasteiger partial charge in [-0.05, 0) is 66.7 Å². The average Bonchev–Trinajstić information content (AvgIpc) is 3.04. The first-order chi connectivity index (χ1) is 16.3. The number of anilines is 3. The van der Waals surface area contributed by atoms with Crippen molar-refractivity contribution >= 4 is 69.6 Å². The zero-order chi connectivity index (χ0) is 24.4. The highest BCUT2D eigenvalue weighted by atomic mass is 35.5. The van der Waals surface area contributed by atoms with Crippen LogP contribution in [-0.2, 0) is 9.59 Å². The van der Waals surface area contributed by atoms with Crippen LogP contribution in [0.5, 0.6) is 5.75 Å². The highest BCUT2D eigenvalue weighted by Crippen LogP contribution is 2.35. The van der Waals surface area contributed by atoms with Gasteiger partial charge in [0.2, 0.25) is 0 Å². The van der Waals surface area contributed by atoms with E-state index in [2.05, 4.69) is 10.6 Å². The molecule has 4 rings (SSSR count). The van der Waals surface area contributed by atoms with Gasteiger partial charge in [0.05, 0.1) is 17.8 Å². The maximum atomic E-state index is 12.9. The number of imide groups is 1. The standard InChI is InChI=1S/C24H16Cl3N3O4/c1-34-17-9-7-16(8-10-17)29-22(31)13-2-5-15(6-3-13)28-21-20(27)23(32)30(24(21)33)19-12-14(25)4-11-18(19)26/h2-12,28H,1H3,(H,29,31). The Morgan fingerprint density at radius 1 is 0.853 bits per heavy atom. The second-order valence-corrected chi connectivity index (χ2v) is 8.34. The van der Waals surface area contributed by atoms with Crippen LogP contribution >= 0.6 is 34.8 Å². The Balaban J connectivity index is 1.48. The summed E-state index contributed by atoms with van der Waals surface area (Å²) >= 11 is 18.3. The Bertz CT molecular complexity index is 1320. The van der Waals surface area contributed by atoms with Crippen molar-refractivity contribution in [3.05, 3.63) is 93.1 Å². The fraction of sp³-hybridized carbons (Fsp3) is 0.0417. The lowest BCUT2D eigenvalue weighted by atomic mass is 10.2. The molecule has 0 saturated carbocycles. The summed E-state index contributed by atoms with van der Waals surface area (Å²) in [5.41, 5.74) is 1.47. The molecular formula is C24H16Cl3N3O4. The van der Waals surface area contributed by atoms with Gasteiger partial charge in [-0.25, -0.2) is 4.90 Å². The molecule has 172 valence electrons. The fourth-order valence-electron chi connectivity index (χ4n) is 3.21. The Hall–Kier alpha value is -3.52. The molecular weight excluding hydrogens is 501 g/mol. The van der Waals surface area contributed by atoms with E-state index in [4.69, 9.17) is 39.5 Å². The zero-order valence-corrected chi connectivity index (χ0v) is 19.8. The summed E-state index contributed by atoms with van der Waals surface area (Å²) in [5, 5.41) is 5.82. The van der Waals surface area contributed by atoms with Crippen LogP contribution in [0.3, 0.4) is 0 Å². The fourth-order valence-corrected chi connectivity index (χ4v) is 3.80. The highest BCUT2D eigenvalue weighted by molar-refractivity contribution is 6.54. The van der Waals surface area contributed by atoms with Crippen molar-refractivity contribution in [2.24, 2.45) is 0 Å². The Kier molecular flexibility index (Phi) is 6.79. The molecule has 1 heterocycles. The third kappa shape index (κ3) is 4.72. The van der Waals surface area contributed by atoms with E-state index in [1.807, 2.05) is 0 Å². The topological polar surface area (TPSA) is 87.7 Å². The molecule has 0 aliphatic carbocycles. The van der Waals surface area contributed by atoms with Crippen LogP contribution in [-0.4, -0.2) is 24.8 Å². The molecule has 3 aromatic carbocycles. The number of methoxy groups -OCH3 is 1. The van der Waals surface area contributed by atoms with Crippen LogP contribution in [0.25, 0.3) is 0 Å². The first kappa shape index (κ1) is 23.6. The molecule has 0 atom stereocenters. The molecule has 3 aromatic rings. The predicted molar refractivity (Wildman–Crippen MR) is 133 cm³/mol. The third-order valence-corrected chi connectivity index (χ3v) is 5.85. The number of rotatable bonds is 6. The van der Waals surface area contributed by atoms with Gasteiger partial charge in [0.25, 0.3) is 17.7 Å². The first-order valence-electron chi connectivity index (χ1n) is 9.84. The lowest BCUT2D eigenvalue weighted by molar-refractivity contribution is -0.120. The van der Waals surface area contributed by atoms with Gasteiger partial charge in [0, 0.05) is 22.0 Å². The summed E-state index contributed by atoms with van der Waals surface area (Å²) < 4.78 is 5.10. The number of amides is 3. The molecule has 0 unspecified atom stereocenters. The summed E-state index contributed by atoms with van der Waals surface area (Å²) in [4.78, 5) is 39.0. The highest BCUT2D eigenvalue weighted by Gasteiger charge is 2.40. The van der Waals surface area contributed by atoms with E-state index in [-0.39, 0.29) is 27.3 Å². The van der Waals surface area contributed by atoms with Gasteiger partial charge in [0.1, 0.15) is 16.5 Å². The zero-order valence-electron chi connectivity index (χ0n) is 17.6. The Labute approximate surface area is 209 Å². The average molecular weight is 517 g/mol. The maximum Gasteiger partial charge on any atom is 0.283 e. The first-order valence-corrected chi connectivity index (χ1v) is 11.0. The van der Waals surface area contributed by atoms with Gasteiger partial charge in [-0.1, -0.05) is 34.8 Å². The lowest BCUT2D eigenvalue weighted by Crippen LogP contribution is -2.32. The molecule has 7 nitrogen and oxygen atoms in total. The van der Waals surface area contributed by atoms with Crippen LogP contribution in [0, 0.1) is 0 Å². The molecule has 0 bridgehead atoms. The van der Waals surface area contributed by atoms with Gasteiger partial charge in [-0.3, -0.25) is 14.4 Å². The number of halogens is 3. The van der Waals surface area contributed by atoms with E-state index in [9.17, 15) is 14.4 Å². The maximum absolute atomic E-state index is 12.9. The van der Waals surface area contributed by atoms with Crippen LogP contribution in [0.2, 0.25) is 10.0 Å². The van der Waals surface area contributed by atoms with Crippen LogP contribution < -0.4 is 20.3 Å². The number of carbonyl (C=O) groups is 3. The quantitative estimate of drug-likeness (QED) is 0.411. The molecule has 1 aliphatic rings. The summed E-state index contributed by atoms with van der Waals surface area (Å²) in [6.45, 7) is 0. The van der Waals surface area contributed by atoms with Crippen molar-refractivity contribution in [1.29, 1.82) is 0 Å². The number of carbonyl (C=O) groups excluding carboxylic acids is 3. The summed E-state index contributed by atoms with van der Waals surface area (Å²) in [7, 11) is 1.56. The van der Waals surface area contributed by atoms with Crippen LogP contribution in [0.15, 0.2) is 77.5 Å². The minimum Gasteiger partial charge on any atom is -0.497 e. The SMILES string of the molecule is COc1ccc(NC(=O)c2ccc(NC3=C(Cl)C(=O)N(c4cc(Cl)ccc4Cl)C3=O)cc2)cc1. The van der Waals surface area contributed by atoms with E-state index in [1.165, 1.54) is 12.1 Å². The summed E-state index contributed by atoms with van der Waals surface area (Å²) in [6.07, 6.45) is 0. The molecule has 3 amide bonds. The van der Waals surface area contributed by atoms with Crippen LogP contribution in [0.4, 0.5) is 17.1 Å². The molecule has 0 spiro atoms. The van der Waals surface area contributed by atoms with E-state index >= 15 is 0 Å². The van der Waals surface area contributed by atoms with Gasteiger partial charge in [-0.2, -0.15) is 0 Å². The van der Waals surface area contributed by atoms with Crippen LogP contribution in [0.1, 0.15) is 10.4 Å². The van der Waals surface area contributed by atoms with Crippen molar-refractivity contribution in [1.82, 2.24) is 0 Å². The van der Waals surface area contributed by atoms with E-state index in [0.29, 0.717) is 27.7 Å². The summed E-state index contributed by atoms with van der Waals surface area (Å²) in [6, 6.07) is 17.7. The molecule has 0 aromatic heterocycles. The molecule has 0 fully saturated rings. The normalized spacial score (nSPS) is 13.4. The number of benzene rings is 3. The molecule has 10 heteroatoms. The largest absolute Gasteiger partial charge is 0.497 e. The third-order valence-electron chi connectivity index (χ3n) is 4.94. The monoisotopic (exact) mass is 515 g/mol. The van der Waals surface area contributed by atoms with Gasteiger partial charge < -0.3 is 15.4 Å².